The van der Waals surface area contributed by atoms with Crippen LogP contribution in [0.15, 0.2) is 0 Å². The van der Waals surface area contributed by atoms with E-state index in [1.165, 1.54) is 6.42 Å². The van der Waals surface area contributed by atoms with Crippen LogP contribution in [0.25, 0.3) is 0 Å². The van der Waals surface area contributed by atoms with Crippen LogP contribution in [0.4, 0.5) is 0 Å². The Kier molecular flexibility index (Phi) is 5.56. The molecule has 1 unspecified atom stereocenters. The van der Waals surface area contributed by atoms with Gasteiger partial charge in [-0.3, -0.25) is 0 Å². The van der Waals surface area contributed by atoms with Crippen LogP contribution in [-0.4, -0.2) is 18.5 Å². The highest BCUT2D eigenvalue weighted by atomic mass is 35.5. The fraction of sp³-hybridized carbons (Fsp3) is 1.00. The topological polar surface area (TPSA) is 12.0 Å². The molecule has 2 heteroatoms. The molecule has 0 aromatic carbocycles. The molecule has 1 N–H and O–H groups in total. The van der Waals surface area contributed by atoms with E-state index >= 15 is 0 Å². The zero-order valence-electron chi connectivity index (χ0n) is 5.58. The van der Waals surface area contributed by atoms with Crippen LogP contribution in [0.5, 0.6) is 0 Å². The van der Waals surface area contributed by atoms with Gasteiger partial charge in [-0.2, -0.15) is 0 Å². The lowest BCUT2D eigenvalue weighted by Crippen LogP contribution is -2.21. The van der Waals surface area contributed by atoms with Crippen LogP contribution >= 0.6 is 11.6 Å². The van der Waals surface area contributed by atoms with Crippen molar-refractivity contribution in [3.8, 4) is 0 Å². The summed E-state index contributed by atoms with van der Waals surface area (Å²) in [4.78, 5) is 0. The van der Waals surface area contributed by atoms with Crippen LogP contribution in [0.2, 0.25) is 0 Å². The molecule has 1 atom stereocenters. The molecule has 0 aliphatic carbocycles. The molecule has 1 nitrogen and oxygen atoms in total. The molecular formula is C6H14ClN. The largest absolute Gasteiger partial charge is 0.315 e. The standard InChI is InChI=1S/C6H14ClN/c1-3-4-8-5-6(2)7/h6,8H,3-5H2,1-2H3. The summed E-state index contributed by atoms with van der Waals surface area (Å²) < 4.78 is 0. The molecule has 0 spiro atoms. The van der Waals surface area contributed by atoms with Crippen LogP contribution in [0.1, 0.15) is 20.3 Å². The van der Waals surface area contributed by atoms with Crippen LogP contribution in [-0.2, 0) is 0 Å². The van der Waals surface area contributed by atoms with Crippen LogP contribution in [0, 0.1) is 0 Å². The Morgan fingerprint density at radius 2 is 2.25 bits per heavy atom. The smallest absolute Gasteiger partial charge is 0.0432 e. The highest BCUT2D eigenvalue weighted by molar-refractivity contribution is 6.20. The molecule has 0 heterocycles. The number of alkyl halides is 1. The van der Waals surface area contributed by atoms with Crippen molar-refractivity contribution in [3.63, 3.8) is 0 Å². The fourth-order valence-corrected chi connectivity index (χ4v) is 0.587. The summed E-state index contributed by atoms with van der Waals surface area (Å²) in [5.74, 6) is 0. The third-order valence-corrected chi connectivity index (χ3v) is 1.01. The van der Waals surface area contributed by atoms with Crippen LogP contribution in [0.3, 0.4) is 0 Å². The molecule has 0 aromatic heterocycles. The van der Waals surface area contributed by atoms with E-state index in [1.54, 1.807) is 0 Å². The zero-order valence-corrected chi connectivity index (χ0v) is 6.33. The maximum absolute atomic E-state index is 5.65. The zero-order chi connectivity index (χ0) is 6.41. The summed E-state index contributed by atoms with van der Waals surface area (Å²) in [7, 11) is 0. The average molecular weight is 136 g/mol. The van der Waals surface area contributed by atoms with Crippen molar-refractivity contribution < 1.29 is 0 Å². The SMILES string of the molecule is CCCNCC(C)Cl. The summed E-state index contributed by atoms with van der Waals surface area (Å²) in [5.41, 5.74) is 0. The van der Waals surface area contributed by atoms with Gasteiger partial charge < -0.3 is 5.32 Å². The molecule has 0 fully saturated rings. The molecule has 0 radical (unpaired) electrons. The Bertz CT molecular complexity index is 45.8. The van der Waals surface area contributed by atoms with Gasteiger partial charge in [0.2, 0.25) is 0 Å². The summed E-state index contributed by atoms with van der Waals surface area (Å²) in [6, 6.07) is 0. The summed E-state index contributed by atoms with van der Waals surface area (Å²) in [6.07, 6.45) is 1.18. The quantitative estimate of drug-likeness (QED) is 0.456. The molecule has 0 bridgehead atoms. The highest BCUT2D eigenvalue weighted by Crippen LogP contribution is 1.88. The second-order valence-electron chi connectivity index (χ2n) is 1.98. The second kappa shape index (κ2) is 5.39. The molecular weight excluding hydrogens is 122 g/mol. The van der Waals surface area contributed by atoms with E-state index in [0.717, 1.165) is 13.1 Å². The van der Waals surface area contributed by atoms with Gasteiger partial charge in [-0.05, 0) is 19.9 Å². The first-order chi connectivity index (χ1) is 3.77. The van der Waals surface area contributed by atoms with Crippen molar-refractivity contribution >= 4 is 11.6 Å². The van der Waals surface area contributed by atoms with Gasteiger partial charge in [-0.1, -0.05) is 6.92 Å². The Morgan fingerprint density at radius 3 is 2.62 bits per heavy atom. The molecule has 8 heavy (non-hydrogen) atoms. The molecule has 50 valence electrons. The average Bonchev–Trinajstić information content (AvgIpc) is 1.66. The summed E-state index contributed by atoms with van der Waals surface area (Å²) in [6.45, 7) is 6.14. The minimum atomic E-state index is 0.265. The van der Waals surface area contributed by atoms with E-state index in [-0.39, 0.29) is 5.38 Å². The molecule has 0 saturated carbocycles. The van der Waals surface area contributed by atoms with E-state index in [2.05, 4.69) is 12.2 Å². The van der Waals surface area contributed by atoms with Crippen molar-refractivity contribution in [3.05, 3.63) is 0 Å². The Morgan fingerprint density at radius 1 is 1.62 bits per heavy atom. The number of nitrogens with one attached hydrogen (secondary N) is 1. The van der Waals surface area contributed by atoms with Crippen LogP contribution < -0.4 is 5.32 Å². The minimum Gasteiger partial charge on any atom is -0.315 e. The van der Waals surface area contributed by atoms with Gasteiger partial charge >= 0.3 is 0 Å². The van der Waals surface area contributed by atoms with Gasteiger partial charge in [-0.15, -0.1) is 11.6 Å². The van der Waals surface area contributed by atoms with Crippen molar-refractivity contribution in [2.45, 2.75) is 25.6 Å². The molecule has 0 aliphatic rings. The van der Waals surface area contributed by atoms with Crippen molar-refractivity contribution in [1.29, 1.82) is 0 Å². The third-order valence-electron chi connectivity index (χ3n) is 0.852. The first-order valence-electron chi connectivity index (χ1n) is 3.12. The third kappa shape index (κ3) is 6.25. The van der Waals surface area contributed by atoms with Gasteiger partial charge in [-0.25, -0.2) is 0 Å². The Hall–Kier alpha value is 0.250. The van der Waals surface area contributed by atoms with Crippen molar-refractivity contribution in [1.82, 2.24) is 5.32 Å². The lowest BCUT2D eigenvalue weighted by atomic mass is 10.4. The summed E-state index contributed by atoms with van der Waals surface area (Å²) in [5, 5.41) is 3.47. The van der Waals surface area contributed by atoms with Gasteiger partial charge in [0.15, 0.2) is 0 Å². The van der Waals surface area contributed by atoms with Gasteiger partial charge in [0.25, 0.3) is 0 Å². The molecule has 0 amide bonds. The number of rotatable bonds is 4. The van der Waals surface area contributed by atoms with E-state index in [1.807, 2.05) is 6.92 Å². The number of hydrogen-bond donors (Lipinski definition) is 1. The van der Waals surface area contributed by atoms with E-state index in [4.69, 9.17) is 11.6 Å². The first-order valence-corrected chi connectivity index (χ1v) is 3.55. The Balaban J connectivity index is 2.72. The molecule has 0 aromatic rings. The number of hydrogen-bond acceptors (Lipinski definition) is 1. The highest BCUT2D eigenvalue weighted by Gasteiger charge is 1.91. The Labute approximate surface area is 56.4 Å². The van der Waals surface area contributed by atoms with Gasteiger partial charge in [0, 0.05) is 11.9 Å². The maximum Gasteiger partial charge on any atom is 0.0432 e. The lowest BCUT2D eigenvalue weighted by molar-refractivity contribution is 0.666. The first kappa shape index (κ1) is 8.25. The van der Waals surface area contributed by atoms with Gasteiger partial charge in [0.05, 0.1) is 0 Å². The second-order valence-corrected chi connectivity index (χ2v) is 2.73. The maximum atomic E-state index is 5.65. The lowest BCUT2D eigenvalue weighted by Gasteiger charge is -2.02. The van der Waals surface area contributed by atoms with E-state index in [9.17, 15) is 0 Å². The van der Waals surface area contributed by atoms with E-state index < -0.39 is 0 Å². The normalized spacial score (nSPS) is 13.9. The minimum absolute atomic E-state index is 0.265. The predicted octanol–water partition coefficient (Wildman–Crippen LogP) is 1.61. The van der Waals surface area contributed by atoms with Crippen molar-refractivity contribution in [2.75, 3.05) is 13.1 Å². The van der Waals surface area contributed by atoms with Crippen molar-refractivity contribution in [2.24, 2.45) is 0 Å². The monoisotopic (exact) mass is 135 g/mol. The predicted molar refractivity (Wildman–Crippen MR) is 38.5 cm³/mol. The van der Waals surface area contributed by atoms with E-state index in [0.29, 0.717) is 0 Å². The number of halogens is 1. The fourth-order valence-electron chi connectivity index (χ4n) is 0.478. The molecule has 0 saturated heterocycles. The summed E-state index contributed by atoms with van der Waals surface area (Å²) >= 11 is 5.65. The molecule has 0 aliphatic heterocycles. The molecule has 0 rings (SSSR count). The van der Waals surface area contributed by atoms with Gasteiger partial charge in [0.1, 0.15) is 0 Å².